The molecule has 0 saturated heterocycles. The summed E-state index contributed by atoms with van der Waals surface area (Å²) in [4.78, 5) is 12.1. The lowest BCUT2D eigenvalue weighted by atomic mass is 10.3. The molecule has 0 aliphatic carbocycles. The van der Waals surface area contributed by atoms with Gasteiger partial charge >= 0.3 is 0 Å². The second-order valence-electron chi connectivity index (χ2n) is 3.71. The van der Waals surface area contributed by atoms with Crippen molar-refractivity contribution in [3.8, 4) is 5.95 Å². The van der Waals surface area contributed by atoms with E-state index in [-0.39, 0.29) is 5.95 Å². The van der Waals surface area contributed by atoms with Gasteiger partial charge in [-0.1, -0.05) is 6.92 Å². The number of hydrogen-bond donors (Lipinski definition) is 3. The molecule has 2 aromatic rings. The van der Waals surface area contributed by atoms with Gasteiger partial charge < -0.3 is 16.2 Å². The van der Waals surface area contributed by atoms with Gasteiger partial charge in [0.2, 0.25) is 11.9 Å². The van der Waals surface area contributed by atoms with Gasteiger partial charge in [-0.2, -0.15) is 20.1 Å². The molecule has 2 heterocycles. The first-order chi connectivity index (χ1) is 8.69. The molecule has 1 atom stereocenters. The first kappa shape index (κ1) is 12.2. The van der Waals surface area contributed by atoms with Crippen molar-refractivity contribution in [3.05, 3.63) is 18.5 Å². The van der Waals surface area contributed by atoms with E-state index in [0.717, 1.165) is 0 Å². The molecule has 2 aromatic heterocycles. The third-order valence-corrected chi connectivity index (χ3v) is 2.32. The molecule has 0 fully saturated rings. The average molecular weight is 249 g/mol. The van der Waals surface area contributed by atoms with Crippen molar-refractivity contribution in [2.75, 3.05) is 17.6 Å². The molecule has 8 nitrogen and oxygen atoms in total. The van der Waals surface area contributed by atoms with Crippen molar-refractivity contribution in [3.63, 3.8) is 0 Å². The smallest absolute Gasteiger partial charge is 0.257 e. The highest BCUT2D eigenvalue weighted by Crippen LogP contribution is 2.06. The molecule has 0 radical (unpaired) electrons. The summed E-state index contributed by atoms with van der Waals surface area (Å²) in [5.74, 6) is 0.755. The normalized spacial score (nSPS) is 12.3. The Morgan fingerprint density at radius 2 is 2.28 bits per heavy atom. The van der Waals surface area contributed by atoms with Gasteiger partial charge in [-0.25, -0.2) is 4.68 Å². The summed E-state index contributed by atoms with van der Waals surface area (Å²) < 4.78 is 1.49. The van der Waals surface area contributed by atoms with Crippen LogP contribution in [0.1, 0.15) is 13.3 Å². The Labute approximate surface area is 104 Å². The number of aliphatic hydroxyl groups excluding tert-OH is 1. The van der Waals surface area contributed by atoms with Crippen molar-refractivity contribution in [1.82, 2.24) is 24.7 Å². The minimum absolute atomic E-state index is 0.101. The third kappa shape index (κ3) is 2.92. The van der Waals surface area contributed by atoms with E-state index in [9.17, 15) is 5.11 Å². The van der Waals surface area contributed by atoms with Gasteiger partial charge in [-0.15, -0.1) is 0 Å². The largest absolute Gasteiger partial charge is 0.391 e. The number of nitrogens with one attached hydrogen (secondary N) is 1. The molecule has 0 spiro atoms. The highest BCUT2D eigenvalue weighted by atomic mass is 16.3. The number of nitrogens with two attached hydrogens (primary N) is 1. The van der Waals surface area contributed by atoms with Crippen LogP contribution in [-0.2, 0) is 0 Å². The second-order valence-corrected chi connectivity index (χ2v) is 3.71. The summed E-state index contributed by atoms with van der Waals surface area (Å²) in [5.41, 5.74) is 5.60. The Kier molecular flexibility index (Phi) is 3.68. The molecule has 18 heavy (non-hydrogen) atoms. The number of anilines is 2. The van der Waals surface area contributed by atoms with Gasteiger partial charge in [0.1, 0.15) is 0 Å². The van der Waals surface area contributed by atoms with Crippen LogP contribution in [0.3, 0.4) is 0 Å². The van der Waals surface area contributed by atoms with E-state index in [1.165, 1.54) is 4.68 Å². The maximum Gasteiger partial charge on any atom is 0.257 e. The topological polar surface area (TPSA) is 115 Å². The van der Waals surface area contributed by atoms with Crippen LogP contribution in [-0.4, -0.2) is 42.5 Å². The van der Waals surface area contributed by atoms with Gasteiger partial charge in [-0.05, 0) is 12.5 Å². The first-order valence-electron chi connectivity index (χ1n) is 5.62. The van der Waals surface area contributed by atoms with Crippen LogP contribution in [0, 0.1) is 0 Å². The Morgan fingerprint density at radius 1 is 1.44 bits per heavy atom. The molecule has 96 valence electrons. The van der Waals surface area contributed by atoms with E-state index >= 15 is 0 Å². The molecule has 0 amide bonds. The standard InChI is InChI=1S/C10H15N7O/c1-2-7(18)6-12-9-14-8(11)15-10(16-9)17-5-3-4-13-17/h3-5,7,18H,2,6H2,1H3,(H3,11,12,14,15,16). The summed E-state index contributed by atoms with van der Waals surface area (Å²) in [5, 5.41) is 16.4. The lowest BCUT2D eigenvalue weighted by Gasteiger charge is -2.10. The van der Waals surface area contributed by atoms with Gasteiger partial charge in [0.25, 0.3) is 5.95 Å². The van der Waals surface area contributed by atoms with E-state index in [1.807, 2.05) is 6.92 Å². The van der Waals surface area contributed by atoms with Crippen LogP contribution < -0.4 is 11.1 Å². The van der Waals surface area contributed by atoms with E-state index in [1.54, 1.807) is 18.5 Å². The molecule has 4 N–H and O–H groups in total. The lowest BCUT2D eigenvalue weighted by Crippen LogP contribution is -2.20. The van der Waals surface area contributed by atoms with E-state index < -0.39 is 6.10 Å². The van der Waals surface area contributed by atoms with Crippen molar-refractivity contribution in [1.29, 1.82) is 0 Å². The van der Waals surface area contributed by atoms with Crippen molar-refractivity contribution in [2.45, 2.75) is 19.4 Å². The fourth-order valence-corrected chi connectivity index (χ4v) is 1.30. The number of aliphatic hydroxyl groups is 1. The summed E-state index contributed by atoms with van der Waals surface area (Å²) in [6.45, 7) is 2.25. The SMILES string of the molecule is CCC(O)CNc1nc(N)nc(-n2cccn2)n1. The number of hydrogen-bond acceptors (Lipinski definition) is 7. The molecule has 0 bridgehead atoms. The molecule has 0 aromatic carbocycles. The molecule has 0 saturated carbocycles. The number of nitrogen functional groups attached to an aromatic ring is 1. The minimum atomic E-state index is -0.448. The quantitative estimate of drug-likeness (QED) is 0.673. The Hall–Kier alpha value is -2.22. The fraction of sp³-hybridized carbons (Fsp3) is 0.400. The maximum absolute atomic E-state index is 9.46. The summed E-state index contributed by atoms with van der Waals surface area (Å²) >= 11 is 0. The zero-order chi connectivity index (χ0) is 13.0. The molecule has 0 aliphatic heterocycles. The van der Waals surface area contributed by atoms with Crippen LogP contribution in [0.2, 0.25) is 0 Å². The first-order valence-corrected chi connectivity index (χ1v) is 5.62. The maximum atomic E-state index is 9.46. The number of aromatic nitrogens is 5. The lowest BCUT2D eigenvalue weighted by molar-refractivity contribution is 0.183. The summed E-state index contributed by atoms with van der Waals surface area (Å²) in [6, 6.07) is 1.76. The van der Waals surface area contributed by atoms with E-state index in [2.05, 4.69) is 25.4 Å². The van der Waals surface area contributed by atoms with E-state index in [4.69, 9.17) is 5.73 Å². The monoisotopic (exact) mass is 249 g/mol. The van der Waals surface area contributed by atoms with Gasteiger partial charge in [0.15, 0.2) is 0 Å². The van der Waals surface area contributed by atoms with Crippen molar-refractivity contribution < 1.29 is 5.11 Å². The Morgan fingerprint density at radius 3 is 2.94 bits per heavy atom. The minimum Gasteiger partial charge on any atom is -0.391 e. The van der Waals surface area contributed by atoms with Crippen molar-refractivity contribution in [2.24, 2.45) is 0 Å². The molecule has 0 aliphatic rings. The zero-order valence-electron chi connectivity index (χ0n) is 9.98. The van der Waals surface area contributed by atoms with Crippen molar-refractivity contribution >= 4 is 11.9 Å². The van der Waals surface area contributed by atoms with Gasteiger partial charge in [-0.3, -0.25) is 0 Å². The molecule has 1 unspecified atom stereocenters. The summed E-state index contributed by atoms with van der Waals surface area (Å²) in [6.07, 6.45) is 3.53. The fourth-order valence-electron chi connectivity index (χ4n) is 1.30. The molecule has 8 heteroatoms. The second kappa shape index (κ2) is 5.41. The van der Waals surface area contributed by atoms with Gasteiger partial charge in [0, 0.05) is 18.9 Å². The predicted octanol–water partition coefficient (Wildman–Crippen LogP) is -0.178. The number of nitrogens with zero attached hydrogens (tertiary/aromatic N) is 5. The summed E-state index contributed by atoms with van der Waals surface area (Å²) in [7, 11) is 0. The third-order valence-electron chi connectivity index (χ3n) is 2.32. The van der Waals surface area contributed by atoms with E-state index in [0.29, 0.717) is 24.9 Å². The Bertz CT molecular complexity index is 499. The predicted molar refractivity (Wildman–Crippen MR) is 66.1 cm³/mol. The Balaban J connectivity index is 2.17. The molecule has 2 rings (SSSR count). The zero-order valence-corrected chi connectivity index (χ0v) is 9.98. The number of rotatable bonds is 5. The van der Waals surface area contributed by atoms with Crippen LogP contribution >= 0.6 is 0 Å². The highest BCUT2D eigenvalue weighted by Gasteiger charge is 2.07. The van der Waals surface area contributed by atoms with Gasteiger partial charge in [0.05, 0.1) is 6.10 Å². The van der Waals surface area contributed by atoms with Crippen LogP contribution in [0.5, 0.6) is 0 Å². The molecular formula is C10H15N7O. The highest BCUT2D eigenvalue weighted by molar-refractivity contribution is 5.34. The molecular weight excluding hydrogens is 234 g/mol. The van der Waals surface area contributed by atoms with Crippen LogP contribution in [0.15, 0.2) is 18.5 Å². The van der Waals surface area contributed by atoms with Crippen LogP contribution in [0.25, 0.3) is 5.95 Å². The average Bonchev–Trinajstić information content (AvgIpc) is 2.89. The van der Waals surface area contributed by atoms with Crippen LogP contribution in [0.4, 0.5) is 11.9 Å².